The van der Waals surface area contributed by atoms with Gasteiger partial charge in [-0.25, -0.2) is 4.98 Å². The van der Waals surface area contributed by atoms with Crippen LogP contribution in [0, 0.1) is 6.92 Å². The van der Waals surface area contributed by atoms with E-state index in [-0.39, 0.29) is 0 Å². The van der Waals surface area contributed by atoms with Gasteiger partial charge in [-0.2, -0.15) is 0 Å². The highest BCUT2D eigenvalue weighted by atomic mass is 35.5. The molecule has 0 radical (unpaired) electrons. The van der Waals surface area contributed by atoms with Crippen molar-refractivity contribution in [2.75, 3.05) is 0 Å². The standard InChI is InChI=1S/C9H6ClNOS/c1-5-2-6(10)9-7(3-5)13-8(4-12)11-9/h2-4H,1H3. The quantitative estimate of drug-likeness (QED) is 0.679. The molecule has 0 aliphatic heterocycles. The first kappa shape index (κ1) is 8.66. The Hall–Kier alpha value is -0.930. The topological polar surface area (TPSA) is 30.0 Å². The second-order valence-electron chi connectivity index (χ2n) is 2.76. The monoisotopic (exact) mass is 211 g/mol. The van der Waals surface area contributed by atoms with Crippen molar-refractivity contribution in [2.24, 2.45) is 0 Å². The number of nitrogens with zero attached hydrogens (tertiary/aromatic N) is 1. The molecule has 2 nitrogen and oxygen atoms in total. The summed E-state index contributed by atoms with van der Waals surface area (Å²) in [6.07, 6.45) is 0.746. The lowest BCUT2D eigenvalue weighted by atomic mass is 10.2. The van der Waals surface area contributed by atoms with Crippen LogP contribution in [0.15, 0.2) is 12.1 Å². The zero-order valence-electron chi connectivity index (χ0n) is 6.87. The van der Waals surface area contributed by atoms with Crippen molar-refractivity contribution in [2.45, 2.75) is 6.92 Å². The van der Waals surface area contributed by atoms with Gasteiger partial charge in [0.05, 0.1) is 9.72 Å². The lowest BCUT2D eigenvalue weighted by Crippen LogP contribution is -1.76. The molecule has 0 unspecified atom stereocenters. The first-order valence-corrected chi connectivity index (χ1v) is 4.92. The fourth-order valence-electron chi connectivity index (χ4n) is 1.19. The zero-order chi connectivity index (χ0) is 9.42. The van der Waals surface area contributed by atoms with Gasteiger partial charge in [0.15, 0.2) is 11.3 Å². The SMILES string of the molecule is Cc1cc(Cl)c2nc(C=O)sc2c1. The van der Waals surface area contributed by atoms with Gasteiger partial charge in [-0.3, -0.25) is 4.79 Å². The van der Waals surface area contributed by atoms with Crippen LogP contribution in [-0.4, -0.2) is 11.3 Å². The summed E-state index contributed by atoms with van der Waals surface area (Å²) in [6.45, 7) is 1.96. The molecule has 13 heavy (non-hydrogen) atoms. The van der Waals surface area contributed by atoms with Crippen LogP contribution in [0.2, 0.25) is 5.02 Å². The number of aldehydes is 1. The smallest absolute Gasteiger partial charge is 0.178 e. The van der Waals surface area contributed by atoms with Gasteiger partial charge in [-0.1, -0.05) is 11.6 Å². The Morgan fingerprint density at radius 2 is 2.31 bits per heavy atom. The van der Waals surface area contributed by atoms with Crippen molar-refractivity contribution < 1.29 is 4.79 Å². The van der Waals surface area contributed by atoms with Crippen LogP contribution in [0.4, 0.5) is 0 Å². The minimum absolute atomic E-state index is 0.475. The van der Waals surface area contributed by atoms with E-state index < -0.39 is 0 Å². The molecule has 1 aromatic carbocycles. The molecule has 2 aromatic rings. The van der Waals surface area contributed by atoms with Gasteiger partial charge in [0, 0.05) is 0 Å². The minimum Gasteiger partial charge on any atom is -0.295 e. The zero-order valence-corrected chi connectivity index (χ0v) is 8.45. The summed E-state index contributed by atoms with van der Waals surface area (Å²) < 4.78 is 0.965. The number of hydrogen-bond acceptors (Lipinski definition) is 3. The first-order valence-electron chi connectivity index (χ1n) is 3.72. The predicted molar refractivity (Wildman–Crippen MR) is 54.8 cm³/mol. The molecule has 0 saturated carbocycles. The van der Waals surface area contributed by atoms with Gasteiger partial charge in [0.1, 0.15) is 5.52 Å². The van der Waals surface area contributed by atoms with E-state index in [4.69, 9.17) is 11.6 Å². The molecular weight excluding hydrogens is 206 g/mol. The van der Waals surface area contributed by atoms with Gasteiger partial charge in [-0.15, -0.1) is 11.3 Å². The summed E-state index contributed by atoms with van der Waals surface area (Å²) >= 11 is 7.32. The maximum atomic E-state index is 10.5. The molecule has 0 amide bonds. The number of hydrogen-bond donors (Lipinski definition) is 0. The largest absolute Gasteiger partial charge is 0.295 e. The summed E-state index contributed by atoms with van der Waals surface area (Å²) in [4.78, 5) is 14.6. The van der Waals surface area contributed by atoms with Crippen molar-refractivity contribution in [1.29, 1.82) is 0 Å². The van der Waals surface area contributed by atoms with Crippen LogP contribution in [0.3, 0.4) is 0 Å². The van der Waals surface area contributed by atoms with Gasteiger partial charge in [0.2, 0.25) is 0 Å². The average Bonchev–Trinajstić information content (AvgIpc) is 2.47. The third-order valence-electron chi connectivity index (χ3n) is 1.71. The van der Waals surface area contributed by atoms with Crippen LogP contribution in [-0.2, 0) is 0 Å². The van der Waals surface area contributed by atoms with Gasteiger partial charge in [-0.05, 0) is 24.6 Å². The second kappa shape index (κ2) is 3.09. The minimum atomic E-state index is 0.475. The Kier molecular flexibility index (Phi) is 2.06. The number of carbonyl (C=O) groups is 1. The van der Waals surface area contributed by atoms with E-state index in [0.717, 1.165) is 22.1 Å². The number of benzene rings is 1. The number of rotatable bonds is 1. The van der Waals surface area contributed by atoms with Crippen LogP contribution in [0.5, 0.6) is 0 Å². The molecule has 0 aliphatic carbocycles. The molecule has 0 fully saturated rings. The summed E-state index contributed by atoms with van der Waals surface area (Å²) in [5.41, 5.74) is 1.80. The van der Waals surface area contributed by atoms with Crippen molar-refractivity contribution in [1.82, 2.24) is 4.98 Å². The van der Waals surface area contributed by atoms with Gasteiger partial charge >= 0.3 is 0 Å². The summed E-state index contributed by atoms with van der Waals surface area (Å²) in [5.74, 6) is 0. The normalized spacial score (nSPS) is 10.6. The maximum Gasteiger partial charge on any atom is 0.178 e. The van der Waals surface area contributed by atoms with Gasteiger partial charge in [0.25, 0.3) is 0 Å². The highest BCUT2D eigenvalue weighted by Crippen LogP contribution is 2.28. The fraction of sp³-hybridized carbons (Fsp3) is 0.111. The van der Waals surface area contributed by atoms with Crippen LogP contribution < -0.4 is 0 Å². The summed E-state index contributed by atoms with van der Waals surface area (Å²) in [5, 5.41) is 1.09. The Labute approximate surface area is 84.2 Å². The number of aryl methyl sites for hydroxylation is 1. The van der Waals surface area contributed by atoms with Crippen LogP contribution in [0.25, 0.3) is 10.2 Å². The maximum absolute atomic E-state index is 10.5. The van der Waals surface area contributed by atoms with Gasteiger partial charge < -0.3 is 0 Å². The van der Waals surface area contributed by atoms with E-state index in [2.05, 4.69) is 4.98 Å². The average molecular weight is 212 g/mol. The third kappa shape index (κ3) is 1.45. The molecule has 0 saturated heterocycles. The predicted octanol–water partition coefficient (Wildman–Crippen LogP) is 3.07. The van der Waals surface area contributed by atoms with E-state index in [1.165, 1.54) is 11.3 Å². The molecule has 1 heterocycles. The lowest BCUT2D eigenvalue weighted by Gasteiger charge is -1.93. The first-order chi connectivity index (χ1) is 6.20. The molecule has 0 aliphatic rings. The molecule has 4 heteroatoms. The van der Waals surface area contributed by atoms with E-state index in [1.54, 1.807) is 0 Å². The number of thiazole rings is 1. The van der Waals surface area contributed by atoms with Crippen molar-refractivity contribution >= 4 is 39.4 Å². The van der Waals surface area contributed by atoms with Crippen molar-refractivity contribution in [3.63, 3.8) is 0 Å². The van der Waals surface area contributed by atoms with Crippen LogP contribution >= 0.6 is 22.9 Å². The van der Waals surface area contributed by atoms with Crippen molar-refractivity contribution in [3.05, 3.63) is 27.7 Å². The van der Waals surface area contributed by atoms with E-state index in [9.17, 15) is 4.79 Å². The lowest BCUT2D eigenvalue weighted by molar-refractivity contribution is 0.112. The molecule has 0 N–H and O–H groups in total. The molecule has 0 spiro atoms. The number of fused-ring (bicyclic) bond motifs is 1. The number of aromatic nitrogens is 1. The second-order valence-corrected chi connectivity index (χ2v) is 4.23. The Bertz CT molecular complexity index is 478. The molecule has 0 atom stereocenters. The van der Waals surface area contributed by atoms with Crippen molar-refractivity contribution in [3.8, 4) is 0 Å². The molecular formula is C9H6ClNOS. The summed E-state index contributed by atoms with van der Waals surface area (Å²) in [7, 11) is 0. The molecule has 66 valence electrons. The van der Waals surface area contributed by atoms with E-state index in [0.29, 0.717) is 10.0 Å². The van der Waals surface area contributed by atoms with Crippen LogP contribution in [0.1, 0.15) is 15.4 Å². The Morgan fingerprint density at radius 1 is 1.54 bits per heavy atom. The number of carbonyl (C=O) groups excluding carboxylic acids is 1. The molecule has 0 bridgehead atoms. The fourth-order valence-corrected chi connectivity index (χ4v) is 2.46. The highest BCUT2D eigenvalue weighted by molar-refractivity contribution is 7.20. The Balaban J connectivity index is 2.82. The highest BCUT2D eigenvalue weighted by Gasteiger charge is 2.06. The number of halogens is 1. The Morgan fingerprint density at radius 3 is 3.00 bits per heavy atom. The van der Waals surface area contributed by atoms with E-state index >= 15 is 0 Å². The summed E-state index contributed by atoms with van der Waals surface area (Å²) in [6, 6.07) is 3.82. The van der Waals surface area contributed by atoms with E-state index in [1.807, 2.05) is 19.1 Å². The molecule has 2 rings (SSSR count). The molecule has 1 aromatic heterocycles. The third-order valence-corrected chi connectivity index (χ3v) is 2.93.